The summed E-state index contributed by atoms with van der Waals surface area (Å²) in [5.74, 6) is 0.698. The molecule has 1 saturated heterocycles. The van der Waals surface area contributed by atoms with Gasteiger partial charge < -0.3 is 14.9 Å². The van der Waals surface area contributed by atoms with Crippen LogP contribution in [0.2, 0.25) is 0 Å². The van der Waals surface area contributed by atoms with Crippen LogP contribution < -0.4 is 0 Å². The van der Waals surface area contributed by atoms with Crippen molar-refractivity contribution in [2.24, 2.45) is 5.92 Å². The number of carbonyl (C=O) groups is 1. The van der Waals surface area contributed by atoms with E-state index in [1.807, 2.05) is 11.9 Å². The molecule has 0 spiro atoms. The molecule has 88 valence electrons. The van der Waals surface area contributed by atoms with Gasteiger partial charge in [0.1, 0.15) is 0 Å². The number of hydrogen-bond acceptors (Lipinski definition) is 3. The summed E-state index contributed by atoms with van der Waals surface area (Å²) in [6, 6.07) is 0.311. The van der Waals surface area contributed by atoms with Crippen molar-refractivity contribution < 1.29 is 9.90 Å². The molecule has 1 heterocycles. The molecule has 1 aliphatic rings. The molecular weight excluding hydrogens is 192 g/mol. The number of nitrogens with zero attached hydrogens (tertiary/aromatic N) is 2. The molecule has 0 aromatic heterocycles. The summed E-state index contributed by atoms with van der Waals surface area (Å²) >= 11 is 0. The Morgan fingerprint density at radius 2 is 2.27 bits per heavy atom. The maximum atomic E-state index is 11.6. The van der Waals surface area contributed by atoms with Crippen LogP contribution in [0.1, 0.15) is 20.3 Å². The highest BCUT2D eigenvalue weighted by Gasteiger charge is 2.31. The van der Waals surface area contributed by atoms with E-state index in [-0.39, 0.29) is 12.5 Å². The zero-order valence-corrected chi connectivity index (χ0v) is 9.94. The predicted molar refractivity (Wildman–Crippen MR) is 59.5 cm³/mol. The maximum Gasteiger partial charge on any atom is 0.223 e. The lowest BCUT2D eigenvalue weighted by Crippen LogP contribution is -2.34. The van der Waals surface area contributed by atoms with E-state index in [4.69, 9.17) is 5.11 Å². The van der Waals surface area contributed by atoms with Crippen LogP contribution in [0.4, 0.5) is 0 Å². The van der Waals surface area contributed by atoms with Gasteiger partial charge in [0.15, 0.2) is 0 Å². The normalized spacial score (nSPS) is 22.1. The van der Waals surface area contributed by atoms with E-state index in [0.29, 0.717) is 24.9 Å². The van der Waals surface area contributed by atoms with E-state index in [9.17, 15) is 4.79 Å². The third-order valence-electron chi connectivity index (χ3n) is 2.91. The molecular formula is C11H22N2O2. The van der Waals surface area contributed by atoms with E-state index < -0.39 is 0 Å². The average molecular weight is 214 g/mol. The molecule has 0 radical (unpaired) electrons. The minimum absolute atomic E-state index is 0.186. The smallest absolute Gasteiger partial charge is 0.223 e. The van der Waals surface area contributed by atoms with E-state index >= 15 is 0 Å². The number of rotatable bonds is 5. The summed E-state index contributed by atoms with van der Waals surface area (Å²) in [6.07, 6.45) is 0.661. The van der Waals surface area contributed by atoms with Crippen LogP contribution >= 0.6 is 0 Å². The van der Waals surface area contributed by atoms with Gasteiger partial charge in [0.05, 0.1) is 6.61 Å². The molecule has 4 nitrogen and oxygen atoms in total. The van der Waals surface area contributed by atoms with E-state index in [1.165, 1.54) is 0 Å². The summed E-state index contributed by atoms with van der Waals surface area (Å²) in [5, 5.41) is 8.78. The van der Waals surface area contributed by atoms with Crippen LogP contribution in [0.5, 0.6) is 0 Å². The van der Waals surface area contributed by atoms with Crippen molar-refractivity contribution in [3.8, 4) is 0 Å². The van der Waals surface area contributed by atoms with Gasteiger partial charge in [-0.3, -0.25) is 4.79 Å². The standard InChI is InChI=1S/C11H22N2O2/c1-9(2)13-8-10(6-11(13)15)7-12(3)4-5-14/h9-10,14H,4-8H2,1-3H3. The van der Waals surface area contributed by atoms with Crippen LogP contribution in [0.3, 0.4) is 0 Å². The minimum Gasteiger partial charge on any atom is -0.395 e. The molecule has 1 N–H and O–H groups in total. The zero-order chi connectivity index (χ0) is 11.4. The molecule has 4 heteroatoms. The van der Waals surface area contributed by atoms with Gasteiger partial charge in [-0.15, -0.1) is 0 Å². The first-order chi connectivity index (χ1) is 7.04. The van der Waals surface area contributed by atoms with Gasteiger partial charge in [-0.25, -0.2) is 0 Å². The van der Waals surface area contributed by atoms with Gasteiger partial charge >= 0.3 is 0 Å². The van der Waals surface area contributed by atoms with Crippen molar-refractivity contribution in [1.29, 1.82) is 0 Å². The molecule has 15 heavy (non-hydrogen) atoms. The van der Waals surface area contributed by atoms with Gasteiger partial charge in [0, 0.05) is 32.1 Å². The van der Waals surface area contributed by atoms with E-state index in [0.717, 1.165) is 13.1 Å². The molecule has 0 aliphatic carbocycles. The van der Waals surface area contributed by atoms with Crippen molar-refractivity contribution in [3.05, 3.63) is 0 Å². The summed E-state index contributed by atoms with van der Waals surface area (Å²) in [7, 11) is 1.98. The molecule has 1 amide bonds. The largest absolute Gasteiger partial charge is 0.395 e. The summed E-state index contributed by atoms with van der Waals surface area (Å²) in [4.78, 5) is 15.7. The molecule has 0 aromatic rings. The van der Waals surface area contributed by atoms with Crippen LogP contribution in [0, 0.1) is 5.92 Å². The molecule has 1 atom stereocenters. The number of likely N-dealkylation sites (N-methyl/N-ethyl adjacent to an activating group) is 1. The number of aliphatic hydroxyl groups is 1. The van der Waals surface area contributed by atoms with E-state index in [2.05, 4.69) is 18.7 Å². The van der Waals surface area contributed by atoms with Crippen molar-refractivity contribution in [2.75, 3.05) is 33.3 Å². The predicted octanol–water partition coefficient (Wildman–Crippen LogP) is 0.167. The fourth-order valence-corrected chi connectivity index (χ4v) is 2.13. The monoisotopic (exact) mass is 214 g/mol. The second kappa shape index (κ2) is 5.47. The molecule has 0 bridgehead atoms. The molecule has 1 fully saturated rings. The molecule has 0 saturated carbocycles. The summed E-state index contributed by atoms with van der Waals surface area (Å²) in [5.41, 5.74) is 0. The highest BCUT2D eigenvalue weighted by atomic mass is 16.3. The first-order valence-corrected chi connectivity index (χ1v) is 5.63. The zero-order valence-electron chi connectivity index (χ0n) is 9.94. The second-order valence-electron chi connectivity index (χ2n) is 4.70. The quantitative estimate of drug-likeness (QED) is 0.709. The lowest BCUT2D eigenvalue weighted by molar-refractivity contribution is -0.129. The van der Waals surface area contributed by atoms with Crippen molar-refractivity contribution >= 4 is 5.91 Å². The van der Waals surface area contributed by atoms with Crippen LogP contribution in [0.15, 0.2) is 0 Å². The number of likely N-dealkylation sites (tertiary alicyclic amines) is 1. The first-order valence-electron chi connectivity index (χ1n) is 5.63. The van der Waals surface area contributed by atoms with Crippen molar-refractivity contribution in [1.82, 2.24) is 9.80 Å². The van der Waals surface area contributed by atoms with Crippen LogP contribution in [-0.2, 0) is 4.79 Å². The highest BCUT2D eigenvalue weighted by Crippen LogP contribution is 2.20. The van der Waals surface area contributed by atoms with Gasteiger partial charge in [0.2, 0.25) is 5.91 Å². The fourth-order valence-electron chi connectivity index (χ4n) is 2.13. The third-order valence-corrected chi connectivity index (χ3v) is 2.91. The lowest BCUT2D eigenvalue weighted by atomic mass is 10.1. The number of carbonyl (C=O) groups excluding carboxylic acids is 1. The Morgan fingerprint density at radius 1 is 1.60 bits per heavy atom. The summed E-state index contributed by atoms with van der Waals surface area (Å²) < 4.78 is 0. The Labute approximate surface area is 91.9 Å². The van der Waals surface area contributed by atoms with Gasteiger partial charge in [-0.1, -0.05) is 0 Å². The number of amides is 1. The second-order valence-corrected chi connectivity index (χ2v) is 4.70. The number of hydrogen-bond donors (Lipinski definition) is 1. The lowest BCUT2D eigenvalue weighted by Gasteiger charge is -2.22. The SMILES string of the molecule is CC(C)N1CC(CN(C)CCO)CC1=O. The highest BCUT2D eigenvalue weighted by molar-refractivity contribution is 5.78. The Kier molecular flexibility index (Phi) is 4.54. The topological polar surface area (TPSA) is 43.8 Å². The Hall–Kier alpha value is -0.610. The molecule has 1 unspecified atom stereocenters. The van der Waals surface area contributed by atoms with Crippen LogP contribution in [-0.4, -0.2) is 60.1 Å². The van der Waals surface area contributed by atoms with Gasteiger partial charge in [-0.05, 0) is 26.8 Å². The molecule has 1 rings (SSSR count). The minimum atomic E-state index is 0.186. The van der Waals surface area contributed by atoms with Crippen molar-refractivity contribution in [3.63, 3.8) is 0 Å². The van der Waals surface area contributed by atoms with Gasteiger partial charge in [0.25, 0.3) is 0 Å². The molecule has 1 aliphatic heterocycles. The number of aliphatic hydroxyl groups excluding tert-OH is 1. The summed E-state index contributed by atoms with van der Waals surface area (Å²) in [6.45, 7) is 6.74. The Bertz CT molecular complexity index is 219. The van der Waals surface area contributed by atoms with Crippen LogP contribution in [0.25, 0.3) is 0 Å². The third kappa shape index (κ3) is 3.47. The fraction of sp³-hybridized carbons (Fsp3) is 0.909. The Morgan fingerprint density at radius 3 is 2.73 bits per heavy atom. The first kappa shape index (κ1) is 12.5. The molecule has 0 aromatic carbocycles. The Balaban J connectivity index is 2.38. The van der Waals surface area contributed by atoms with Crippen molar-refractivity contribution in [2.45, 2.75) is 26.3 Å². The average Bonchev–Trinajstić information content (AvgIpc) is 2.47. The maximum absolute atomic E-state index is 11.6. The van der Waals surface area contributed by atoms with Gasteiger partial charge in [-0.2, -0.15) is 0 Å². The van der Waals surface area contributed by atoms with E-state index in [1.54, 1.807) is 0 Å².